The molecule has 0 aliphatic carbocycles. The Morgan fingerprint density at radius 1 is 1.10 bits per heavy atom. The van der Waals surface area contributed by atoms with E-state index in [4.69, 9.17) is 26.2 Å². The molecule has 1 fully saturated rings. The molecule has 2 aromatic heterocycles. The molecule has 9 nitrogen and oxygen atoms in total. The van der Waals surface area contributed by atoms with E-state index in [0.29, 0.717) is 47.5 Å². The number of anilines is 1. The summed E-state index contributed by atoms with van der Waals surface area (Å²) in [5.74, 6) is 2.60. The number of pyridine rings is 1. The second-order valence-corrected chi connectivity index (χ2v) is 11.2. The number of hydrogen-bond acceptors (Lipinski definition) is 6. The van der Waals surface area contributed by atoms with Crippen LogP contribution in [0.4, 0.5) is 10.6 Å². The Morgan fingerprint density at radius 2 is 1.79 bits per heavy atom. The minimum absolute atomic E-state index is 0.141. The second-order valence-electron chi connectivity index (χ2n) is 10.7. The molecule has 4 aromatic rings. The third kappa shape index (κ3) is 5.59. The van der Waals surface area contributed by atoms with Crippen molar-refractivity contribution in [3.8, 4) is 17.2 Å². The van der Waals surface area contributed by atoms with Gasteiger partial charge >= 0.3 is 6.09 Å². The van der Waals surface area contributed by atoms with Gasteiger partial charge in [-0.25, -0.2) is 14.5 Å². The average molecular weight is 550 g/mol. The molecule has 2 atom stereocenters. The number of carboxylic acid groups (broad SMARTS) is 1. The molecular formula is C29H32ClN5O4. The van der Waals surface area contributed by atoms with E-state index < -0.39 is 6.09 Å². The first-order chi connectivity index (χ1) is 18.6. The first kappa shape index (κ1) is 26.6. The number of carbonyl (C=O) groups is 1. The topological polar surface area (TPSA) is 102 Å². The van der Waals surface area contributed by atoms with Crippen LogP contribution in [0.15, 0.2) is 60.8 Å². The second kappa shape index (κ2) is 10.6. The molecule has 1 amide bonds. The molecule has 1 saturated heterocycles. The van der Waals surface area contributed by atoms with Crippen molar-refractivity contribution in [3.63, 3.8) is 0 Å². The number of hydrogen-bond donors (Lipinski definition) is 2. The van der Waals surface area contributed by atoms with Crippen molar-refractivity contribution in [2.75, 3.05) is 19.0 Å². The maximum atomic E-state index is 12.0. The molecular weight excluding hydrogens is 518 g/mol. The van der Waals surface area contributed by atoms with Crippen molar-refractivity contribution in [2.45, 2.75) is 45.8 Å². The van der Waals surface area contributed by atoms with Crippen LogP contribution in [0.2, 0.25) is 5.02 Å². The first-order valence-electron chi connectivity index (χ1n) is 12.8. The van der Waals surface area contributed by atoms with E-state index in [0.717, 1.165) is 16.7 Å². The van der Waals surface area contributed by atoms with E-state index in [-0.39, 0.29) is 17.5 Å². The van der Waals surface area contributed by atoms with E-state index in [1.807, 2.05) is 28.9 Å². The Labute approximate surface area is 232 Å². The Kier molecular flexibility index (Phi) is 7.27. The number of rotatable bonds is 7. The lowest BCUT2D eigenvalue weighted by molar-refractivity contribution is 0.103. The lowest BCUT2D eigenvalue weighted by atomic mass is 9.82. The summed E-state index contributed by atoms with van der Waals surface area (Å²) in [6, 6.07) is 16.4. The maximum absolute atomic E-state index is 12.0. The predicted molar refractivity (Wildman–Crippen MR) is 151 cm³/mol. The SMILES string of the molecule is COc1ccc(Cn2nc(NC3CCN(C(=O)O)[C@@H]3C(C)(C)C)c3c(Oc4ccc(Cl)cc4)ccnc32)cc1. The number of benzene rings is 2. The van der Waals surface area contributed by atoms with E-state index >= 15 is 0 Å². The molecule has 3 heterocycles. The highest BCUT2D eigenvalue weighted by atomic mass is 35.5. The lowest BCUT2D eigenvalue weighted by Crippen LogP contribution is -2.49. The summed E-state index contributed by atoms with van der Waals surface area (Å²) in [7, 11) is 1.64. The van der Waals surface area contributed by atoms with Gasteiger partial charge in [0.05, 0.1) is 25.7 Å². The van der Waals surface area contributed by atoms with Crippen LogP contribution in [0.1, 0.15) is 32.8 Å². The summed E-state index contributed by atoms with van der Waals surface area (Å²) in [6.07, 6.45) is 1.44. The van der Waals surface area contributed by atoms with Gasteiger partial charge < -0.3 is 24.8 Å². The van der Waals surface area contributed by atoms with Crippen molar-refractivity contribution in [2.24, 2.45) is 5.41 Å². The first-order valence-corrected chi connectivity index (χ1v) is 13.2. The summed E-state index contributed by atoms with van der Waals surface area (Å²) in [5, 5.41) is 19.7. The standard InChI is InChI=1S/C29H32ClN5O4/c1-29(2,3)25-22(14-16-34(25)28(36)37)32-26-24-23(39-21-11-7-19(30)8-12-21)13-15-31-27(24)35(33-26)17-18-5-9-20(38-4)10-6-18/h5-13,15,22,25H,14,16-17H2,1-4H3,(H,32,33)(H,36,37)/t22?,25-/m0/s1. The van der Waals surface area contributed by atoms with Gasteiger partial charge in [-0.3, -0.25) is 0 Å². The number of aromatic nitrogens is 3. The predicted octanol–water partition coefficient (Wildman–Crippen LogP) is 6.51. The highest BCUT2D eigenvalue weighted by Gasteiger charge is 2.44. The molecule has 0 radical (unpaired) electrons. The highest BCUT2D eigenvalue weighted by Crippen LogP contribution is 2.39. The van der Waals surface area contributed by atoms with Crippen molar-refractivity contribution >= 4 is 34.5 Å². The third-order valence-electron chi connectivity index (χ3n) is 6.98. The van der Waals surface area contributed by atoms with Crippen LogP contribution in [0.5, 0.6) is 17.2 Å². The van der Waals surface area contributed by atoms with E-state index in [1.165, 1.54) is 4.90 Å². The molecule has 204 valence electrons. The number of amides is 1. The van der Waals surface area contributed by atoms with Crippen molar-refractivity contribution in [3.05, 3.63) is 71.4 Å². The van der Waals surface area contributed by atoms with Crippen LogP contribution >= 0.6 is 11.6 Å². The van der Waals surface area contributed by atoms with E-state index in [9.17, 15) is 9.90 Å². The van der Waals surface area contributed by atoms with Gasteiger partial charge in [0.1, 0.15) is 22.6 Å². The summed E-state index contributed by atoms with van der Waals surface area (Å²) in [4.78, 5) is 18.2. The van der Waals surface area contributed by atoms with Crippen LogP contribution in [0.3, 0.4) is 0 Å². The zero-order valence-corrected chi connectivity index (χ0v) is 23.1. The number of nitrogens with one attached hydrogen (secondary N) is 1. The Bertz CT molecular complexity index is 1460. The van der Waals surface area contributed by atoms with Crippen molar-refractivity contribution in [1.82, 2.24) is 19.7 Å². The molecule has 1 aliphatic rings. The number of halogens is 1. The number of methoxy groups -OCH3 is 1. The largest absolute Gasteiger partial charge is 0.497 e. The Morgan fingerprint density at radius 3 is 2.44 bits per heavy atom. The normalized spacial score (nSPS) is 17.4. The summed E-state index contributed by atoms with van der Waals surface area (Å²) in [6.45, 7) is 7.11. The molecule has 0 saturated carbocycles. The maximum Gasteiger partial charge on any atom is 0.407 e. The van der Waals surface area contributed by atoms with Gasteiger partial charge in [0.15, 0.2) is 11.5 Å². The number of ether oxygens (including phenoxy) is 2. The average Bonchev–Trinajstić information content (AvgIpc) is 3.49. The van der Waals surface area contributed by atoms with E-state index in [1.54, 1.807) is 43.6 Å². The van der Waals surface area contributed by atoms with Crippen LogP contribution in [-0.2, 0) is 6.54 Å². The molecule has 1 aliphatic heterocycles. The molecule has 0 bridgehead atoms. The Balaban J connectivity index is 1.56. The summed E-state index contributed by atoms with van der Waals surface area (Å²) < 4.78 is 13.4. The zero-order chi connectivity index (χ0) is 27.7. The number of fused-ring (bicyclic) bond motifs is 1. The van der Waals surface area contributed by atoms with Gasteiger partial charge in [0, 0.05) is 23.8 Å². The summed E-state index contributed by atoms with van der Waals surface area (Å²) in [5.41, 5.74) is 1.40. The fourth-order valence-electron chi connectivity index (χ4n) is 5.30. The molecule has 0 spiro atoms. The molecule has 39 heavy (non-hydrogen) atoms. The zero-order valence-electron chi connectivity index (χ0n) is 22.4. The smallest absolute Gasteiger partial charge is 0.407 e. The van der Waals surface area contributed by atoms with Crippen molar-refractivity contribution < 1.29 is 19.4 Å². The Hall–Kier alpha value is -3.98. The quantitative estimate of drug-likeness (QED) is 0.271. The molecule has 10 heteroatoms. The van der Waals surface area contributed by atoms with Gasteiger partial charge in [-0.05, 0) is 53.8 Å². The molecule has 5 rings (SSSR count). The minimum Gasteiger partial charge on any atom is -0.497 e. The lowest BCUT2D eigenvalue weighted by Gasteiger charge is -2.37. The van der Waals surface area contributed by atoms with Crippen LogP contribution < -0.4 is 14.8 Å². The monoisotopic (exact) mass is 549 g/mol. The molecule has 2 N–H and O–H groups in total. The fourth-order valence-corrected chi connectivity index (χ4v) is 5.43. The number of nitrogens with zero attached hydrogens (tertiary/aromatic N) is 4. The fraction of sp³-hybridized carbons (Fsp3) is 0.345. The minimum atomic E-state index is -0.914. The van der Waals surface area contributed by atoms with Gasteiger partial charge in [0.25, 0.3) is 0 Å². The van der Waals surface area contributed by atoms with Crippen LogP contribution in [-0.4, -0.2) is 56.6 Å². The number of likely N-dealkylation sites (tertiary alicyclic amines) is 1. The van der Waals surface area contributed by atoms with Gasteiger partial charge in [0.2, 0.25) is 0 Å². The van der Waals surface area contributed by atoms with E-state index in [2.05, 4.69) is 31.1 Å². The van der Waals surface area contributed by atoms with Crippen LogP contribution in [0.25, 0.3) is 11.0 Å². The van der Waals surface area contributed by atoms with Gasteiger partial charge in [-0.2, -0.15) is 5.10 Å². The van der Waals surface area contributed by atoms with Gasteiger partial charge in [-0.1, -0.05) is 44.5 Å². The highest BCUT2D eigenvalue weighted by molar-refractivity contribution is 6.30. The third-order valence-corrected chi connectivity index (χ3v) is 7.23. The molecule has 1 unspecified atom stereocenters. The van der Waals surface area contributed by atoms with Gasteiger partial charge in [-0.15, -0.1) is 0 Å². The van der Waals surface area contributed by atoms with Crippen LogP contribution in [0, 0.1) is 5.41 Å². The van der Waals surface area contributed by atoms with Crippen molar-refractivity contribution in [1.29, 1.82) is 0 Å². The summed E-state index contributed by atoms with van der Waals surface area (Å²) >= 11 is 6.07. The molecule has 2 aromatic carbocycles.